The molecule has 15 heavy (non-hydrogen) atoms. The van der Waals surface area contributed by atoms with E-state index in [4.69, 9.17) is 22.1 Å². The number of rotatable bonds is 2. The van der Waals surface area contributed by atoms with Gasteiger partial charge in [0.2, 0.25) is 11.8 Å². The van der Waals surface area contributed by atoms with E-state index in [2.05, 4.69) is 16.8 Å². The molecule has 78 valence electrons. The molecule has 0 radical (unpaired) electrons. The van der Waals surface area contributed by atoms with E-state index in [1.54, 1.807) is 6.07 Å². The molecule has 1 aromatic rings. The van der Waals surface area contributed by atoms with Crippen LogP contribution in [0.15, 0.2) is 12.3 Å². The number of methoxy groups -OCH3 is 1. The van der Waals surface area contributed by atoms with Gasteiger partial charge in [0.25, 0.3) is 0 Å². The lowest BCUT2D eigenvalue weighted by Gasteiger charge is -2.00. The fourth-order valence-electron chi connectivity index (χ4n) is 0.905. The summed E-state index contributed by atoms with van der Waals surface area (Å²) in [6.45, 7) is 0. The van der Waals surface area contributed by atoms with Crippen molar-refractivity contribution in [2.75, 3.05) is 7.11 Å². The Labute approximate surface area is 92.4 Å². The van der Waals surface area contributed by atoms with Crippen LogP contribution in [0, 0.1) is 11.8 Å². The van der Waals surface area contributed by atoms with E-state index in [0.717, 1.165) is 0 Å². The zero-order valence-corrected chi connectivity index (χ0v) is 8.84. The van der Waals surface area contributed by atoms with Crippen LogP contribution in [0.4, 0.5) is 0 Å². The van der Waals surface area contributed by atoms with Gasteiger partial charge in [-0.15, -0.1) is 0 Å². The molecule has 1 amide bonds. The number of pyridine rings is 1. The van der Waals surface area contributed by atoms with E-state index in [-0.39, 0.29) is 6.42 Å². The van der Waals surface area contributed by atoms with Crippen molar-refractivity contribution >= 4 is 17.5 Å². The van der Waals surface area contributed by atoms with Gasteiger partial charge in [-0.1, -0.05) is 23.4 Å². The van der Waals surface area contributed by atoms with Crippen molar-refractivity contribution in [3.63, 3.8) is 0 Å². The molecule has 0 aliphatic rings. The summed E-state index contributed by atoms with van der Waals surface area (Å²) in [6.07, 6.45) is 1.45. The summed E-state index contributed by atoms with van der Waals surface area (Å²) in [4.78, 5) is 14.4. The molecule has 2 N–H and O–H groups in total. The standard InChI is InChI=1S/C10H9ClN2O2/c1-15-10-7(3-2-4-9(12)14)5-8(11)6-13-10/h5-6H,4H2,1H3,(H2,12,14). The van der Waals surface area contributed by atoms with Crippen LogP contribution < -0.4 is 10.5 Å². The van der Waals surface area contributed by atoms with Crippen molar-refractivity contribution in [1.29, 1.82) is 0 Å². The average molecular weight is 225 g/mol. The van der Waals surface area contributed by atoms with Crippen LogP contribution in [0.1, 0.15) is 12.0 Å². The van der Waals surface area contributed by atoms with Crippen LogP contribution in [-0.2, 0) is 4.79 Å². The first-order valence-electron chi connectivity index (χ1n) is 4.10. The number of aromatic nitrogens is 1. The summed E-state index contributed by atoms with van der Waals surface area (Å²) in [7, 11) is 1.48. The lowest BCUT2D eigenvalue weighted by molar-refractivity contribution is -0.117. The molecule has 1 rings (SSSR count). The number of primary amides is 1. The first kappa shape index (κ1) is 11.3. The quantitative estimate of drug-likeness (QED) is 0.762. The highest BCUT2D eigenvalue weighted by atomic mass is 35.5. The Bertz CT molecular complexity index is 435. The van der Waals surface area contributed by atoms with Gasteiger partial charge >= 0.3 is 0 Å². The highest BCUT2D eigenvalue weighted by Gasteiger charge is 2.01. The molecule has 0 bridgehead atoms. The SMILES string of the molecule is COc1ncc(Cl)cc1C#CCC(N)=O. The normalized spacial score (nSPS) is 8.93. The van der Waals surface area contributed by atoms with E-state index in [0.29, 0.717) is 16.5 Å². The van der Waals surface area contributed by atoms with Gasteiger partial charge < -0.3 is 10.5 Å². The minimum Gasteiger partial charge on any atom is -0.480 e. The largest absolute Gasteiger partial charge is 0.480 e. The third-order valence-electron chi connectivity index (χ3n) is 1.50. The zero-order chi connectivity index (χ0) is 11.3. The number of hydrogen-bond donors (Lipinski definition) is 1. The molecular weight excluding hydrogens is 216 g/mol. The second-order valence-electron chi connectivity index (χ2n) is 2.66. The van der Waals surface area contributed by atoms with E-state index in [9.17, 15) is 4.79 Å². The van der Waals surface area contributed by atoms with Crippen LogP contribution >= 0.6 is 11.6 Å². The van der Waals surface area contributed by atoms with Gasteiger partial charge in [-0.2, -0.15) is 0 Å². The summed E-state index contributed by atoms with van der Waals surface area (Å²) in [6, 6.07) is 1.61. The molecule has 0 unspecified atom stereocenters. The van der Waals surface area contributed by atoms with Crippen molar-refractivity contribution in [3.05, 3.63) is 22.8 Å². The number of halogens is 1. The Morgan fingerprint density at radius 1 is 1.73 bits per heavy atom. The molecule has 0 saturated heterocycles. The predicted octanol–water partition coefficient (Wildman–Crippen LogP) is 0.970. The maximum atomic E-state index is 10.5. The van der Waals surface area contributed by atoms with E-state index in [1.807, 2.05) is 0 Å². The molecule has 0 aliphatic carbocycles. The van der Waals surface area contributed by atoms with E-state index in [1.165, 1.54) is 13.3 Å². The van der Waals surface area contributed by atoms with Crippen molar-refractivity contribution in [3.8, 4) is 17.7 Å². The number of carbonyl (C=O) groups excluding carboxylic acids is 1. The molecule has 0 atom stereocenters. The van der Waals surface area contributed by atoms with Gasteiger partial charge in [0.1, 0.15) is 0 Å². The highest BCUT2D eigenvalue weighted by molar-refractivity contribution is 6.30. The van der Waals surface area contributed by atoms with E-state index >= 15 is 0 Å². The molecule has 4 nitrogen and oxygen atoms in total. The topological polar surface area (TPSA) is 65.2 Å². The number of carbonyl (C=O) groups is 1. The van der Waals surface area contributed by atoms with Gasteiger partial charge in [0.15, 0.2) is 0 Å². The summed E-state index contributed by atoms with van der Waals surface area (Å²) in [5.74, 6) is 5.21. The third kappa shape index (κ3) is 3.49. The number of amides is 1. The Morgan fingerprint density at radius 2 is 2.47 bits per heavy atom. The summed E-state index contributed by atoms with van der Waals surface area (Å²) in [5.41, 5.74) is 5.48. The number of nitrogens with two attached hydrogens (primary N) is 1. The molecule has 0 saturated carbocycles. The molecule has 0 fully saturated rings. The maximum absolute atomic E-state index is 10.5. The Morgan fingerprint density at radius 3 is 3.07 bits per heavy atom. The first-order chi connectivity index (χ1) is 7.13. The van der Waals surface area contributed by atoms with Crippen molar-refractivity contribution in [2.24, 2.45) is 5.73 Å². The molecular formula is C10H9ClN2O2. The molecule has 1 aromatic heterocycles. The van der Waals surface area contributed by atoms with Crippen LogP contribution in [0.2, 0.25) is 5.02 Å². The lowest BCUT2D eigenvalue weighted by atomic mass is 10.2. The Hall–Kier alpha value is -1.73. The van der Waals surface area contributed by atoms with Gasteiger partial charge in [-0.25, -0.2) is 4.98 Å². The molecule has 1 heterocycles. The minimum atomic E-state index is -0.476. The van der Waals surface area contributed by atoms with Crippen LogP contribution in [0.3, 0.4) is 0 Å². The monoisotopic (exact) mass is 224 g/mol. The van der Waals surface area contributed by atoms with Crippen LogP contribution in [0.5, 0.6) is 5.88 Å². The first-order valence-corrected chi connectivity index (χ1v) is 4.48. The highest BCUT2D eigenvalue weighted by Crippen LogP contribution is 2.17. The summed E-state index contributed by atoms with van der Waals surface area (Å²) >= 11 is 5.74. The third-order valence-corrected chi connectivity index (χ3v) is 1.70. The number of ether oxygens (including phenoxy) is 1. The Balaban J connectivity index is 2.94. The second-order valence-corrected chi connectivity index (χ2v) is 3.09. The van der Waals surface area contributed by atoms with Crippen molar-refractivity contribution < 1.29 is 9.53 Å². The van der Waals surface area contributed by atoms with Crippen LogP contribution in [0.25, 0.3) is 0 Å². The Kier molecular flexibility index (Phi) is 3.95. The van der Waals surface area contributed by atoms with Crippen molar-refractivity contribution in [1.82, 2.24) is 4.98 Å². The summed E-state index contributed by atoms with van der Waals surface area (Å²) in [5, 5.41) is 0.458. The number of hydrogen-bond acceptors (Lipinski definition) is 3. The lowest BCUT2D eigenvalue weighted by Crippen LogP contribution is -2.08. The van der Waals surface area contributed by atoms with E-state index < -0.39 is 5.91 Å². The van der Waals surface area contributed by atoms with Crippen LogP contribution in [-0.4, -0.2) is 18.0 Å². The second kappa shape index (κ2) is 5.23. The average Bonchev–Trinajstić information content (AvgIpc) is 2.17. The molecule has 0 aliphatic heterocycles. The fraction of sp³-hybridized carbons (Fsp3) is 0.200. The van der Waals surface area contributed by atoms with Crippen molar-refractivity contribution in [2.45, 2.75) is 6.42 Å². The predicted molar refractivity (Wildman–Crippen MR) is 56.5 cm³/mol. The molecule has 5 heteroatoms. The van der Waals surface area contributed by atoms with Gasteiger partial charge in [0, 0.05) is 6.20 Å². The summed E-state index contributed by atoms with van der Waals surface area (Å²) < 4.78 is 4.97. The van der Waals surface area contributed by atoms with Gasteiger partial charge in [0.05, 0.1) is 24.1 Å². The molecule has 0 spiro atoms. The van der Waals surface area contributed by atoms with Gasteiger partial charge in [-0.3, -0.25) is 4.79 Å². The smallest absolute Gasteiger partial charge is 0.229 e. The maximum Gasteiger partial charge on any atom is 0.229 e. The van der Waals surface area contributed by atoms with Gasteiger partial charge in [-0.05, 0) is 6.07 Å². The minimum absolute atomic E-state index is 0.00430. The number of nitrogens with zero attached hydrogens (tertiary/aromatic N) is 1. The zero-order valence-electron chi connectivity index (χ0n) is 8.08. The molecule has 0 aromatic carbocycles. The fourth-order valence-corrected chi connectivity index (χ4v) is 1.06.